The summed E-state index contributed by atoms with van der Waals surface area (Å²) < 4.78 is 10.1. The fourth-order valence-electron chi connectivity index (χ4n) is 1.54. The van der Waals surface area contributed by atoms with Gasteiger partial charge >= 0.3 is 0 Å². The normalized spacial score (nSPS) is 10.2. The minimum Gasteiger partial charge on any atom is -0.389 e. The Kier molecular flexibility index (Phi) is 7.79. The van der Waals surface area contributed by atoms with Crippen LogP contribution < -0.4 is 11.1 Å². The van der Waals surface area contributed by atoms with Gasteiger partial charge in [-0.2, -0.15) is 0 Å². The Hall–Kier alpha value is -1.50. The first-order valence-electron chi connectivity index (χ1n) is 6.35. The number of hydrogen-bond acceptors (Lipinski definition) is 4. The SMILES string of the molecule is COCCOCCNC(=O)Cc1ccc(C(N)=S)cc1. The van der Waals surface area contributed by atoms with Crippen LogP contribution in [0.25, 0.3) is 0 Å². The van der Waals surface area contributed by atoms with Gasteiger partial charge in [0.25, 0.3) is 0 Å². The molecule has 3 N–H and O–H groups in total. The molecule has 0 aliphatic heterocycles. The van der Waals surface area contributed by atoms with E-state index in [2.05, 4.69) is 5.32 Å². The van der Waals surface area contributed by atoms with E-state index in [1.807, 2.05) is 24.3 Å². The highest BCUT2D eigenvalue weighted by Crippen LogP contribution is 2.05. The Labute approximate surface area is 124 Å². The number of rotatable bonds is 9. The quantitative estimate of drug-likeness (QED) is 0.517. The largest absolute Gasteiger partial charge is 0.389 e. The maximum absolute atomic E-state index is 11.7. The molecule has 110 valence electrons. The Morgan fingerprint density at radius 1 is 1.25 bits per heavy atom. The third-order valence-electron chi connectivity index (χ3n) is 2.60. The predicted molar refractivity (Wildman–Crippen MR) is 81.7 cm³/mol. The van der Waals surface area contributed by atoms with Crippen LogP contribution in [-0.2, 0) is 20.7 Å². The number of amides is 1. The van der Waals surface area contributed by atoms with Gasteiger partial charge in [-0.25, -0.2) is 0 Å². The molecule has 0 saturated carbocycles. The van der Waals surface area contributed by atoms with Gasteiger partial charge in [0, 0.05) is 19.2 Å². The summed E-state index contributed by atoms with van der Waals surface area (Å²) in [5.74, 6) is -0.0385. The smallest absolute Gasteiger partial charge is 0.224 e. The first-order valence-corrected chi connectivity index (χ1v) is 6.76. The first kappa shape index (κ1) is 16.6. The van der Waals surface area contributed by atoms with Crippen LogP contribution in [0.2, 0.25) is 0 Å². The zero-order valence-electron chi connectivity index (χ0n) is 11.6. The molecule has 0 heterocycles. The van der Waals surface area contributed by atoms with E-state index in [1.54, 1.807) is 7.11 Å². The Morgan fingerprint density at radius 3 is 2.55 bits per heavy atom. The van der Waals surface area contributed by atoms with Crippen LogP contribution in [0.15, 0.2) is 24.3 Å². The van der Waals surface area contributed by atoms with E-state index in [4.69, 9.17) is 27.4 Å². The van der Waals surface area contributed by atoms with Gasteiger partial charge in [-0.1, -0.05) is 36.5 Å². The highest BCUT2D eigenvalue weighted by Gasteiger charge is 2.03. The molecular weight excluding hydrogens is 276 g/mol. The highest BCUT2D eigenvalue weighted by atomic mass is 32.1. The third-order valence-corrected chi connectivity index (χ3v) is 2.84. The summed E-state index contributed by atoms with van der Waals surface area (Å²) in [5.41, 5.74) is 7.23. The van der Waals surface area contributed by atoms with E-state index in [0.29, 0.717) is 37.8 Å². The van der Waals surface area contributed by atoms with Crippen molar-refractivity contribution in [2.75, 3.05) is 33.5 Å². The van der Waals surface area contributed by atoms with E-state index in [0.717, 1.165) is 11.1 Å². The summed E-state index contributed by atoms with van der Waals surface area (Å²) in [7, 11) is 1.62. The number of thiocarbonyl (C=S) groups is 1. The van der Waals surface area contributed by atoms with E-state index in [1.165, 1.54) is 0 Å². The molecule has 0 aliphatic rings. The second-order valence-corrected chi connectivity index (χ2v) is 4.63. The molecule has 1 amide bonds. The number of nitrogens with one attached hydrogen (secondary N) is 1. The summed E-state index contributed by atoms with van der Waals surface area (Å²) in [5, 5.41) is 2.79. The van der Waals surface area contributed by atoms with Crippen molar-refractivity contribution in [3.05, 3.63) is 35.4 Å². The number of benzene rings is 1. The molecule has 6 heteroatoms. The van der Waals surface area contributed by atoms with E-state index >= 15 is 0 Å². The number of hydrogen-bond donors (Lipinski definition) is 2. The monoisotopic (exact) mass is 296 g/mol. The van der Waals surface area contributed by atoms with Gasteiger partial charge in [0.05, 0.1) is 26.2 Å². The lowest BCUT2D eigenvalue weighted by molar-refractivity contribution is -0.120. The van der Waals surface area contributed by atoms with Gasteiger partial charge in [-0.05, 0) is 5.56 Å². The molecule has 0 aliphatic carbocycles. The number of carbonyl (C=O) groups excluding carboxylic acids is 1. The maximum atomic E-state index is 11.7. The molecule has 1 aromatic carbocycles. The van der Waals surface area contributed by atoms with Gasteiger partial charge < -0.3 is 20.5 Å². The van der Waals surface area contributed by atoms with Crippen molar-refractivity contribution in [3.8, 4) is 0 Å². The lowest BCUT2D eigenvalue weighted by Gasteiger charge is -2.07. The maximum Gasteiger partial charge on any atom is 0.224 e. The number of carbonyl (C=O) groups is 1. The van der Waals surface area contributed by atoms with Gasteiger partial charge in [-0.15, -0.1) is 0 Å². The Balaban J connectivity index is 2.23. The highest BCUT2D eigenvalue weighted by molar-refractivity contribution is 7.80. The van der Waals surface area contributed by atoms with Gasteiger partial charge in [-0.3, -0.25) is 4.79 Å². The summed E-state index contributed by atoms with van der Waals surface area (Å²) >= 11 is 4.87. The molecule has 1 rings (SSSR count). The molecule has 5 nitrogen and oxygen atoms in total. The molecule has 1 aromatic rings. The summed E-state index contributed by atoms with van der Waals surface area (Å²) in [6, 6.07) is 7.34. The standard InChI is InChI=1S/C14H20N2O3S/c1-18-8-9-19-7-6-16-13(17)10-11-2-4-12(5-3-11)14(15)20/h2-5H,6-10H2,1H3,(H2,15,20)(H,16,17). The van der Waals surface area contributed by atoms with Crippen molar-refractivity contribution in [3.63, 3.8) is 0 Å². The van der Waals surface area contributed by atoms with Crippen molar-refractivity contribution in [1.29, 1.82) is 0 Å². The zero-order chi connectivity index (χ0) is 14.8. The molecule has 0 atom stereocenters. The van der Waals surface area contributed by atoms with Crippen LogP contribution in [-0.4, -0.2) is 44.4 Å². The Bertz CT molecular complexity index is 435. The van der Waals surface area contributed by atoms with Crippen LogP contribution >= 0.6 is 12.2 Å². The molecule has 0 unspecified atom stereocenters. The molecule has 0 fully saturated rings. The van der Waals surface area contributed by atoms with Crippen LogP contribution in [0.1, 0.15) is 11.1 Å². The van der Waals surface area contributed by atoms with E-state index < -0.39 is 0 Å². The average Bonchev–Trinajstić information content (AvgIpc) is 2.43. The Morgan fingerprint density at radius 2 is 1.95 bits per heavy atom. The zero-order valence-corrected chi connectivity index (χ0v) is 12.4. The molecule has 0 aromatic heterocycles. The molecule has 0 saturated heterocycles. The van der Waals surface area contributed by atoms with Crippen molar-refractivity contribution in [2.45, 2.75) is 6.42 Å². The molecule has 20 heavy (non-hydrogen) atoms. The predicted octanol–water partition coefficient (Wildman–Crippen LogP) is 0.642. The second kappa shape index (κ2) is 9.41. The summed E-state index contributed by atoms with van der Waals surface area (Å²) in [6.07, 6.45) is 0.329. The number of nitrogens with two attached hydrogens (primary N) is 1. The van der Waals surface area contributed by atoms with Crippen molar-refractivity contribution < 1.29 is 14.3 Å². The van der Waals surface area contributed by atoms with Gasteiger partial charge in [0.1, 0.15) is 4.99 Å². The third kappa shape index (κ3) is 6.60. The second-order valence-electron chi connectivity index (χ2n) is 4.19. The fourth-order valence-corrected chi connectivity index (χ4v) is 1.68. The van der Waals surface area contributed by atoms with Crippen LogP contribution in [0.5, 0.6) is 0 Å². The first-order chi connectivity index (χ1) is 9.63. The van der Waals surface area contributed by atoms with E-state index in [9.17, 15) is 4.79 Å². The molecular formula is C14H20N2O3S. The molecule has 0 bridgehead atoms. The van der Waals surface area contributed by atoms with Crippen LogP contribution in [0, 0.1) is 0 Å². The van der Waals surface area contributed by atoms with Crippen molar-refractivity contribution >= 4 is 23.1 Å². The topological polar surface area (TPSA) is 73.6 Å². The van der Waals surface area contributed by atoms with Crippen molar-refractivity contribution in [1.82, 2.24) is 5.32 Å². The number of ether oxygens (including phenoxy) is 2. The van der Waals surface area contributed by atoms with Crippen LogP contribution in [0.4, 0.5) is 0 Å². The summed E-state index contributed by atoms with van der Waals surface area (Å²) in [4.78, 5) is 12.0. The lowest BCUT2D eigenvalue weighted by Crippen LogP contribution is -2.29. The number of methoxy groups -OCH3 is 1. The van der Waals surface area contributed by atoms with E-state index in [-0.39, 0.29) is 5.91 Å². The minimum atomic E-state index is -0.0385. The fraction of sp³-hybridized carbons (Fsp3) is 0.429. The van der Waals surface area contributed by atoms with Crippen molar-refractivity contribution in [2.24, 2.45) is 5.73 Å². The molecule has 0 radical (unpaired) electrons. The average molecular weight is 296 g/mol. The lowest BCUT2D eigenvalue weighted by atomic mass is 10.1. The van der Waals surface area contributed by atoms with Gasteiger partial charge in [0.2, 0.25) is 5.91 Å². The van der Waals surface area contributed by atoms with Gasteiger partial charge in [0.15, 0.2) is 0 Å². The summed E-state index contributed by atoms with van der Waals surface area (Å²) in [6.45, 7) is 2.07. The molecule has 0 spiro atoms. The minimum absolute atomic E-state index is 0.0385. The van der Waals surface area contributed by atoms with Crippen LogP contribution in [0.3, 0.4) is 0 Å².